The highest BCUT2D eigenvalue weighted by Gasteiger charge is 2.25. The summed E-state index contributed by atoms with van der Waals surface area (Å²) in [4.78, 5) is 15.4. The second kappa shape index (κ2) is 6.31. The highest BCUT2D eigenvalue weighted by molar-refractivity contribution is 6.29. The fourth-order valence-electron chi connectivity index (χ4n) is 2.16. The van der Waals surface area contributed by atoms with Crippen LogP contribution < -0.4 is 0 Å². The predicted octanol–water partition coefficient (Wildman–Crippen LogP) is 3.43. The Labute approximate surface area is 129 Å². The van der Waals surface area contributed by atoms with Gasteiger partial charge in [0.05, 0.1) is 5.54 Å². The zero-order chi connectivity index (χ0) is 15.5. The van der Waals surface area contributed by atoms with Crippen LogP contribution in [0.15, 0.2) is 36.5 Å². The Bertz CT molecular complexity index is 620. The van der Waals surface area contributed by atoms with Crippen LogP contribution in [-0.2, 0) is 21.5 Å². The summed E-state index contributed by atoms with van der Waals surface area (Å²) in [5.41, 5.74) is 0.750. The molecule has 0 unspecified atom stereocenters. The summed E-state index contributed by atoms with van der Waals surface area (Å²) in [6, 6.07) is 10.1. The number of imidazole rings is 1. The van der Waals surface area contributed by atoms with E-state index in [9.17, 15) is 4.79 Å². The molecule has 0 fully saturated rings. The van der Waals surface area contributed by atoms with Crippen molar-refractivity contribution in [3.05, 3.63) is 53.1 Å². The molecular formula is C16H19ClN2O2. The molecule has 5 heteroatoms. The highest BCUT2D eigenvalue weighted by atomic mass is 35.5. The first-order chi connectivity index (χ1) is 9.88. The zero-order valence-corrected chi connectivity index (χ0v) is 13.2. The topological polar surface area (TPSA) is 44.1 Å². The molecule has 0 saturated heterocycles. The van der Waals surface area contributed by atoms with Gasteiger partial charge in [-0.15, -0.1) is 0 Å². The van der Waals surface area contributed by atoms with Gasteiger partial charge in [-0.3, -0.25) is 4.79 Å². The molecule has 4 nitrogen and oxygen atoms in total. The maximum atomic E-state index is 11.0. The van der Waals surface area contributed by atoms with Crippen molar-refractivity contribution in [2.24, 2.45) is 0 Å². The molecule has 1 heterocycles. The molecule has 1 aromatic heterocycles. The number of carbonyl (C=O) groups is 1. The molecule has 2 aromatic rings. The van der Waals surface area contributed by atoms with E-state index < -0.39 is 5.54 Å². The Morgan fingerprint density at radius 3 is 2.62 bits per heavy atom. The van der Waals surface area contributed by atoms with E-state index in [1.807, 2.05) is 48.7 Å². The molecule has 0 saturated carbocycles. The quantitative estimate of drug-likeness (QED) is 0.795. The van der Waals surface area contributed by atoms with Gasteiger partial charge in [0.25, 0.3) is 0 Å². The standard InChI is InChI=1S/C16H19ClN2O2/c1-12(20)21-11-16(2,3)19-10-14(17)18-15(19)9-13-7-5-4-6-8-13/h4-8,10H,9,11H2,1-3H3. The molecule has 0 bridgehead atoms. The van der Waals surface area contributed by atoms with Crippen LogP contribution in [0, 0.1) is 0 Å². The van der Waals surface area contributed by atoms with Crippen LogP contribution in [-0.4, -0.2) is 22.1 Å². The number of halogens is 1. The van der Waals surface area contributed by atoms with Crippen LogP contribution >= 0.6 is 11.6 Å². The van der Waals surface area contributed by atoms with Crippen molar-refractivity contribution in [3.8, 4) is 0 Å². The first-order valence-electron chi connectivity index (χ1n) is 6.80. The Kier molecular flexibility index (Phi) is 4.68. The van der Waals surface area contributed by atoms with Crippen molar-refractivity contribution in [1.82, 2.24) is 9.55 Å². The molecule has 0 atom stereocenters. The second-order valence-corrected chi connectivity index (χ2v) is 5.99. The van der Waals surface area contributed by atoms with E-state index in [1.165, 1.54) is 6.92 Å². The smallest absolute Gasteiger partial charge is 0.302 e. The number of hydrogen-bond donors (Lipinski definition) is 0. The van der Waals surface area contributed by atoms with Gasteiger partial charge in [0.1, 0.15) is 17.6 Å². The summed E-state index contributed by atoms with van der Waals surface area (Å²) < 4.78 is 7.12. The number of carbonyl (C=O) groups excluding carboxylic acids is 1. The second-order valence-electron chi connectivity index (χ2n) is 5.60. The minimum atomic E-state index is -0.407. The SMILES string of the molecule is CC(=O)OCC(C)(C)n1cc(Cl)nc1Cc1ccccc1. The normalized spacial score (nSPS) is 11.4. The van der Waals surface area contributed by atoms with Gasteiger partial charge in [-0.1, -0.05) is 41.9 Å². The fraction of sp³-hybridized carbons (Fsp3) is 0.375. The van der Waals surface area contributed by atoms with Gasteiger partial charge in [-0.2, -0.15) is 0 Å². The number of hydrogen-bond acceptors (Lipinski definition) is 3. The van der Waals surface area contributed by atoms with E-state index in [1.54, 1.807) is 6.20 Å². The van der Waals surface area contributed by atoms with Gasteiger partial charge in [-0.05, 0) is 19.4 Å². The van der Waals surface area contributed by atoms with Gasteiger partial charge in [0.2, 0.25) is 0 Å². The van der Waals surface area contributed by atoms with Crippen molar-refractivity contribution in [1.29, 1.82) is 0 Å². The molecule has 0 spiro atoms. The third-order valence-electron chi connectivity index (χ3n) is 3.24. The molecule has 2 rings (SSSR count). The van der Waals surface area contributed by atoms with Gasteiger partial charge in [0, 0.05) is 19.5 Å². The maximum absolute atomic E-state index is 11.0. The molecule has 21 heavy (non-hydrogen) atoms. The van der Waals surface area contributed by atoms with E-state index in [0.29, 0.717) is 11.6 Å². The summed E-state index contributed by atoms with van der Waals surface area (Å²) in [5.74, 6) is 0.558. The zero-order valence-electron chi connectivity index (χ0n) is 12.5. The summed E-state index contributed by atoms with van der Waals surface area (Å²) in [5, 5.41) is 0.442. The number of esters is 1. The lowest BCUT2D eigenvalue weighted by Crippen LogP contribution is -2.33. The lowest BCUT2D eigenvalue weighted by atomic mass is 10.1. The van der Waals surface area contributed by atoms with Gasteiger partial charge in [0.15, 0.2) is 0 Å². The Morgan fingerprint density at radius 2 is 2.00 bits per heavy atom. The Hall–Kier alpha value is -1.81. The van der Waals surface area contributed by atoms with Crippen LogP contribution in [0.25, 0.3) is 0 Å². The minimum absolute atomic E-state index is 0.275. The Balaban J connectivity index is 2.25. The summed E-state index contributed by atoms with van der Waals surface area (Å²) in [7, 11) is 0. The third-order valence-corrected chi connectivity index (χ3v) is 3.42. The van der Waals surface area contributed by atoms with Gasteiger partial charge >= 0.3 is 5.97 Å². The molecule has 1 aromatic carbocycles. The van der Waals surface area contributed by atoms with Crippen LogP contribution in [0.4, 0.5) is 0 Å². The first-order valence-corrected chi connectivity index (χ1v) is 7.18. The number of ether oxygens (including phenoxy) is 1. The average molecular weight is 307 g/mol. The summed E-state index contributed by atoms with van der Waals surface area (Å²) in [6.45, 7) is 5.66. The largest absolute Gasteiger partial charge is 0.463 e. The monoisotopic (exact) mass is 306 g/mol. The van der Waals surface area contributed by atoms with Crippen molar-refractivity contribution < 1.29 is 9.53 Å². The number of aromatic nitrogens is 2. The minimum Gasteiger partial charge on any atom is -0.463 e. The fourth-order valence-corrected chi connectivity index (χ4v) is 2.36. The van der Waals surface area contributed by atoms with Crippen LogP contribution in [0.3, 0.4) is 0 Å². The summed E-state index contributed by atoms with van der Waals surface area (Å²) in [6.07, 6.45) is 2.46. The average Bonchev–Trinajstić information content (AvgIpc) is 2.79. The predicted molar refractivity (Wildman–Crippen MR) is 82.4 cm³/mol. The number of nitrogens with zero attached hydrogens (tertiary/aromatic N) is 2. The first kappa shape index (κ1) is 15.6. The van der Waals surface area contributed by atoms with E-state index in [0.717, 1.165) is 11.4 Å². The van der Waals surface area contributed by atoms with Gasteiger partial charge < -0.3 is 9.30 Å². The lowest BCUT2D eigenvalue weighted by molar-refractivity contribution is -0.143. The summed E-state index contributed by atoms with van der Waals surface area (Å²) >= 11 is 6.06. The van der Waals surface area contributed by atoms with Crippen molar-refractivity contribution in [2.45, 2.75) is 32.7 Å². The molecule has 0 aliphatic rings. The Morgan fingerprint density at radius 1 is 1.33 bits per heavy atom. The molecule has 112 valence electrons. The molecule has 0 aliphatic heterocycles. The van der Waals surface area contributed by atoms with Crippen LogP contribution in [0.2, 0.25) is 5.15 Å². The molecule has 0 N–H and O–H groups in total. The molecule has 0 aliphatic carbocycles. The number of rotatable bonds is 5. The van der Waals surface area contributed by atoms with Gasteiger partial charge in [-0.25, -0.2) is 4.98 Å². The van der Waals surface area contributed by atoms with Crippen molar-refractivity contribution in [2.75, 3.05) is 6.61 Å². The van der Waals surface area contributed by atoms with E-state index >= 15 is 0 Å². The third kappa shape index (κ3) is 4.08. The lowest BCUT2D eigenvalue weighted by Gasteiger charge is -2.27. The van der Waals surface area contributed by atoms with Crippen molar-refractivity contribution in [3.63, 3.8) is 0 Å². The molecule has 0 amide bonds. The van der Waals surface area contributed by atoms with Crippen molar-refractivity contribution >= 4 is 17.6 Å². The van der Waals surface area contributed by atoms with E-state index in [4.69, 9.17) is 16.3 Å². The molecule has 0 radical (unpaired) electrons. The maximum Gasteiger partial charge on any atom is 0.302 e. The highest BCUT2D eigenvalue weighted by Crippen LogP contribution is 2.23. The molecular weight excluding hydrogens is 288 g/mol. The van der Waals surface area contributed by atoms with Crippen LogP contribution in [0.1, 0.15) is 32.2 Å². The number of benzene rings is 1. The van der Waals surface area contributed by atoms with E-state index in [2.05, 4.69) is 4.98 Å². The van der Waals surface area contributed by atoms with E-state index in [-0.39, 0.29) is 12.6 Å². The van der Waals surface area contributed by atoms with Crippen LogP contribution in [0.5, 0.6) is 0 Å².